The number of imidazole rings is 1. The highest BCUT2D eigenvalue weighted by molar-refractivity contribution is 5.21. The first kappa shape index (κ1) is 12.3. The van der Waals surface area contributed by atoms with Crippen molar-refractivity contribution in [3.05, 3.63) is 17.7 Å². The summed E-state index contributed by atoms with van der Waals surface area (Å²) in [7, 11) is 0. The molecule has 0 saturated heterocycles. The van der Waals surface area contributed by atoms with Crippen LogP contribution in [0.5, 0.6) is 0 Å². The maximum Gasteiger partial charge on any atom is 0.0956 e. The number of nitrogens with zero attached hydrogens (tertiary/aromatic N) is 2. The maximum atomic E-state index is 4.57. The van der Waals surface area contributed by atoms with Crippen LogP contribution in [0.25, 0.3) is 0 Å². The standard InChI is InChI=1S/C13H24N2/c1-9(2)11-12(10(3)4)15(8-14-11)13(5,6)7/h8-10H,1-7H3. The normalized spacial score (nSPS) is 12.9. The molecule has 0 saturated carbocycles. The summed E-state index contributed by atoms with van der Waals surface area (Å²) in [6.45, 7) is 15.6. The zero-order valence-electron chi connectivity index (χ0n) is 11.1. The van der Waals surface area contributed by atoms with E-state index in [1.54, 1.807) is 0 Å². The Morgan fingerprint density at radius 2 is 1.60 bits per heavy atom. The van der Waals surface area contributed by atoms with E-state index in [1.165, 1.54) is 11.4 Å². The Labute approximate surface area is 93.7 Å². The van der Waals surface area contributed by atoms with Gasteiger partial charge in [-0.25, -0.2) is 4.98 Å². The van der Waals surface area contributed by atoms with E-state index in [2.05, 4.69) is 58.0 Å². The molecule has 0 spiro atoms. The molecule has 0 bridgehead atoms. The summed E-state index contributed by atoms with van der Waals surface area (Å²) >= 11 is 0. The molecule has 1 aromatic heterocycles. The Hall–Kier alpha value is -0.790. The molecule has 0 unspecified atom stereocenters. The maximum absolute atomic E-state index is 4.57. The third-order valence-electron chi connectivity index (χ3n) is 2.65. The third-order valence-corrected chi connectivity index (χ3v) is 2.65. The summed E-state index contributed by atoms with van der Waals surface area (Å²) in [5, 5.41) is 0. The zero-order chi connectivity index (χ0) is 11.8. The molecule has 0 atom stereocenters. The van der Waals surface area contributed by atoms with Crippen molar-refractivity contribution in [3.8, 4) is 0 Å². The van der Waals surface area contributed by atoms with Gasteiger partial charge in [-0.3, -0.25) is 0 Å². The molecule has 86 valence electrons. The smallest absolute Gasteiger partial charge is 0.0956 e. The van der Waals surface area contributed by atoms with Crippen molar-refractivity contribution in [2.75, 3.05) is 0 Å². The molecular formula is C13H24N2. The van der Waals surface area contributed by atoms with E-state index in [1.807, 2.05) is 6.33 Å². The second-order valence-corrected chi connectivity index (χ2v) is 5.87. The molecule has 1 rings (SSSR count). The molecule has 0 aromatic carbocycles. The van der Waals surface area contributed by atoms with Crippen LogP contribution >= 0.6 is 0 Å². The van der Waals surface area contributed by atoms with Gasteiger partial charge >= 0.3 is 0 Å². The van der Waals surface area contributed by atoms with Crippen LogP contribution in [0.3, 0.4) is 0 Å². The van der Waals surface area contributed by atoms with Crippen LogP contribution in [0, 0.1) is 0 Å². The van der Waals surface area contributed by atoms with E-state index in [0.29, 0.717) is 11.8 Å². The van der Waals surface area contributed by atoms with Gasteiger partial charge in [0.05, 0.1) is 12.0 Å². The van der Waals surface area contributed by atoms with Gasteiger partial charge in [0.15, 0.2) is 0 Å². The average Bonchev–Trinajstić information content (AvgIpc) is 2.45. The number of hydrogen-bond donors (Lipinski definition) is 0. The highest BCUT2D eigenvalue weighted by Crippen LogP contribution is 2.29. The molecule has 2 heteroatoms. The molecule has 0 radical (unpaired) electrons. The first-order valence-corrected chi connectivity index (χ1v) is 5.82. The SMILES string of the molecule is CC(C)c1ncn(C(C)(C)C)c1C(C)C. The Kier molecular flexibility index (Phi) is 3.27. The fourth-order valence-electron chi connectivity index (χ4n) is 1.93. The minimum absolute atomic E-state index is 0.125. The van der Waals surface area contributed by atoms with Crippen LogP contribution in [0.1, 0.15) is 71.7 Å². The molecule has 1 aromatic rings. The largest absolute Gasteiger partial charge is 0.329 e. The van der Waals surface area contributed by atoms with Crippen LogP contribution in [-0.4, -0.2) is 9.55 Å². The lowest BCUT2D eigenvalue weighted by Gasteiger charge is -2.26. The van der Waals surface area contributed by atoms with E-state index in [9.17, 15) is 0 Å². The molecule has 0 fully saturated rings. The van der Waals surface area contributed by atoms with E-state index in [4.69, 9.17) is 0 Å². The van der Waals surface area contributed by atoms with Crippen molar-refractivity contribution in [1.29, 1.82) is 0 Å². The Balaban J connectivity index is 3.31. The topological polar surface area (TPSA) is 17.8 Å². The minimum Gasteiger partial charge on any atom is -0.329 e. The van der Waals surface area contributed by atoms with Crippen molar-refractivity contribution in [2.45, 2.75) is 65.8 Å². The fourth-order valence-corrected chi connectivity index (χ4v) is 1.93. The minimum atomic E-state index is 0.125. The average molecular weight is 208 g/mol. The van der Waals surface area contributed by atoms with Crippen LogP contribution < -0.4 is 0 Å². The highest BCUT2D eigenvalue weighted by Gasteiger charge is 2.23. The van der Waals surface area contributed by atoms with Gasteiger partial charge in [-0.15, -0.1) is 0 Å². The molecular weight excluding hydrogens is 184 g/mol. The van der Waals surface area contributed by atoms with Gasteiger partial charge in [0.25, 0.3) is 0 Å². The number of rotatable bonds is 2. The lowest BCUT2D eigenvalue weighted by molar-refractivity contribution is 0.378. The molecule has 2 nitrogen and oxygen atoms in total. The van der Waals surface area contributed by atoms with Crippen molar-refractivity contribution >= 4 is 0 Å². The first-order chi connectivity index (χ1) is 6.75. The van der Waals surface area contributed by atoms with Crippen LogP contribution in [-0.2, 0) is 5.54 Å². The Morgan fingerprint density at radius 3 is 1.93 bits per heavy atom. The van der Waals surface area contributed by atoms with Crippen LogP contribution in [0.15, 0.2) is 6.33 Å². The summed E-state index contributed by atoms with van der Waals surface area (Å²) in [5.74, 6) is 1.04. The summed E-state index contributed by atoms with van der Waals surface area (Å²) in [6.07, 6.45) is 1.99. The van der Waals surface area contributed by atoms with Crippen molar-refractivity contribution in [3.63, 3.8) is 0 Å². The van der Waals surface area contributed by atoms with Gasteiger partial charge in [0.1, 0.15) is 0 Å². The Bertz CT molecular complexity index is 327. The van der Waals surface area contributed by atoms with E-state index in [0.717, 1.165) is 0 Å². The Morgan fingerprint density at radius 1 is 1.07 bits per heavy atom. The summed E-state index contributed by atoms with van der Waals surface area (Å²) < 4.78 is 2.31. The highest BCUT2D eigenvalue weighted by atomic mass is 15.1. The van der Waals surface area contributed by atoms with Crippen molar-refractivity contribution in [2.24, 2.45) is 0 Å². The number of aromatic nitrogens is 2. The third kappa shape index (κ3) is 2.42. The second-order valence-electron chi connectivity index (χ2n) is 5.87. The van der Waals surface area contributed by atoms with Gasteiger partial charge < -0.3 is 4.57 Å². The monoisotopic (exact) mass is 208 g/mol. The van der Waals surface area contributed by atoms with Crippen molar-refractivity contribution in [1.82, 2.24) is 9.55 Å². The van der Waals surface area contributed by atoms with Crippen LogP contribution in [0.2, 0.25) is 0 Å². The van der Waals surface area contributed by atoms with Gasteiger partial charge in [-0.2, -0.15) is 0 Å². The van der Waals surface area contributed by atoms with Crippen molar-refractivity contribution < 1.29 is 0 Å². The molecule has 0 aliphatic carbocycles. The lowest BCUT2D eigenvalue weighted by atomic mass is 9.99. The van der Waals surface area contributed by atoms with E-state index in [-0.39, 0.29) is 5.54 Å². The van der Waals surface area contributed by atoms with E-state index >= 15 is 0 Å². The first-order valence-electron chi connectivity index (χ1n) is 5.82. The molecule has 0 N–H and O–H groups in total. The molecule has 0 amide bonds. The molecule has 1 heterocycles. The summed E-state index contributed by atoms with van der Waals surface area (Å²) in [4.78, 5) is 4.57. The molecule has 0 aliphatic rings. The number of hydrogen-bond acceptors (Lipinski definition) is 1. The van der Waals surface area contributed by atoms with Gasteiger partial charge in [-0.1, -0.05) is 27.7 Å². The zero-order valence-corrected chi connectivity index (χ0v) is 11.1. The predicted molar refractivity (Wildman–Crippen MR) is 65.4 cm³/mol. The molecule has 0 aliphatic heterocycles. The summed E-state index contributed by atoms with van der Waals surface area (Å²) in [5.41, 5.74) is 2.76. The van der Waals surface area contributed by atoms with Gasteiger partial charge in [-0.05, 0) is 32.6 Å². The fraction of sp³-hybridized carbons (Fsp3) is 0.769. The van der Waals surface area contributed by atoms with Gasteiger partial charge in [0.2, 0.25) is 0 Å². The molecule has 15 heavy (non-hydrogen) atoms. The predicted octanol–water partition coefficient (Wildman–Crippen LogP) is 3.88. The quantitative estimate of drug-likeness (QED) is 0.721. The van der Waals surface area contributed by atoms with Crippen LogP contribution in [0.4, 0.5) is 0 Å². The lowest BCUT2D eigenvalue weighted by Crippen LogP contribution is -2.24. The van der Waals surface area contributed by atoms with Gasteiger partial charge in [0, 0.05) is 11.2 Å². The summed E-state index contributed by atoms with van der Waals surface area (Å²) in [6, 6.07) is 0. The van der Waals surface area contributed by atoms with E-state index < -0.39 is 0 Å². The second kappa shape index (κ2) is 3.99.